The maximum Gasteiger partial charge on any atom is 0.143 e. The van der Waals surface area contributed by atoms with Crippen LogP contribution in [0.15, 0.2) is 221 Å². The first-order valence-electron chi connectivity index (χ1n) is 19.3. The van der Waals surface area contributed by atoms with Gasteiger partial charge in [0.05, 0.1) is 0 Å². The van der Waals surface area contributed by atoms with Crippen molar-refractivity contribution < 1.29 is 8.83 Å². The van der Waals surface area contributed by atoms with Crippen molar-refractivity contribution in [3.63, 3.8) is 0 Å². The van der Waals surface area contributed by atoms with Gasteiger partial charge < -0.3 is 13.7 Å². The highest BCUT2D eigenvalue weighted by atomic mass is 16.3. The third-order valence-corrected chi connectivity index (χ3v) is 11.1. The monoisotopic (exact) mass is 729 g/mol. The molecule has 268 valence electrons. The molecule has 0 amide bonds. The molecule has 3 heteroatoms. The van der Waals surface area contributed by atoms with Crippen LogP contribution in [0.1, 0.15) is 0 Å². The van der Waals surface area contributed by atoms with Crippen LogP contribution in [0.5, 0.6) is 0 Å². The predicted molar refractivity (Wildman–Crippen MR) is 237 cm³/mol. The van der Waals surface area contributed by atoms with Crippen molar-refractivity contribution in [1.82, 2.24) is 0 Å². The molecular weight excluding hydrogens is 695 g/mol. The third-order valence-electron chi connectivity index (χ3n) is 11.1. The number of fused-ring (bicyclic) bond motifs is 7. The Bertz CT molecular complexity index is 3140. The van der Waals surface area contributed by atoms with Gasteiger partial charge in [-0.3, -0.25) is 0 Å². The maximum atomic E-state index is 6.90. The number of nitrogens with zero attached hydrogens (tertiary/aromatic N) is 1. The average molecular weight is 730 g/mol. The molecular formula is C54H35NO2. The first-order chi connectivity index (χ1) is 28.3. The lowest BCUT2D eigenvalue weighted by Crippen LogP contribution is -2.09. The summed E-state index contributed by atoms with van der Waals surface area (Å²) in [6, 6.07) is 75.0. The number of furan rings is 2. The largest absolute Gasteiger partial charge is 0.456 e. The van der Waals surface area contributed by atoms with E-state index in [0.717, 1.165) is 94.3 Å². The standard InChI is InChI=1S/C54H35NO2/c1-4-12-36(13-5-1)37-20-24-40(25-21-37)45-32-33-47-53-50(35-34-49-52(53)46-18-10-11-19-48(46)56-49)57-54(47)51(45)41-26-22-38(23-27-41)39-28-30-44(31-29-39)55(42-14-6-2-7-15-42)43-16-8-3-9-17-43/h1-35H. The minimum Gasteiger partial charge on any atom is -0.456 e. The van der Waals surface area contributed by atoms with Gasteiger partial charge in [-0.25, -0.2) is 0 Å². The fourth-order valence-corrected chi connectivity index (χ4v) is 8.38. The molecule has 2 aromatic heterocycles. The van der Waals surface area contributed by atoms with Crippen LogP contribution < -0.4 is 4.90 Å². The summed E-state index contributed by atoms with van der Waals surface area (Å²) in [6.45, 7) is 0. The molecule has 0 N–H and O–H groups in total. The number of benzene rings is 9. The van der Waals surface area contributed by atoms with Crippen LogP contribution in [0.2, 0.25) is 0 Å². The van der Waals surface area contributed by atoms with Gasteiger partial charge in [-0.05, 0) is 99.6 Å². The van der Waals surface area contributed by atoms with Crippen molar-refractivity contribution in [2.24, 2.45) is 0 Å². The van der Waals surface area contributed by atoms with Gasteiger partial charge in [0.15, 0.2) is 0 Å². The van der Waals surface area contributed by atoms with E-state index in [9.17, 15) is 0 Å². The second-order valence-electron chi connectivity index (χ2n) is 14.5. The molecule has 0 fully saturated rings. The second-order valence-corrected chi connectivity index (χ2v) is 14.5. The summed E-state index contributed by atoms with van der Waals surface area (Å²) in [7, 11) is 0. The maximum absolute atomic E-state index is 6.90. The van der Waals surface area contributed by atoms with Crippen molar-refractivity contribution in [1.29, 1.82) is 0 Å². The van der Waals surface area contributed by atoms with Gasteiger partial charge in [0.2, 0.25) is 0 Å². The summed E-state index contributed by atoms with van der Waals surface area (Å²) in [4.78, 5) is 2.29. The van der Waals surface area contributed by atoms with Crippen LogP contribution >= 0.6 is 0 Å². The average Bonchev–Trinajstić information content (AvgIpc) is 3.86. The van der Waals surface area contributed by atoms with E-state index < -0.39 is 0 Å². The van der Waals surface area contributed by atoms with E-state index >= 15 is 0 Å². The Morgan fingerprint density at radius 1 is 0.281 bits per heavy atom. The van der Waals surface area contributed by atoms with Gasteiger partial charge in [-0.15, -0.1) is 0 Å². The van der Waals surface area contributed by atoms with Crippen molar-refractivity contribution in [3.8, 4) is 44.5 Å². The second kappa shape index (κ2) is 13.6. The van der Waals surface area contributed by atoms with Crippen molar-refractivity contribution in [2.75, 3.05) is 4.90 Å². The fourth-order valence-electron chi connectivity index (χ4n) is 8.38. The lowest BCUT2D eigenvalue weighted by atomic mass is 9.90. The zero-order chi connectivity index (χ0) is 37.7. The Labute approximate surface area is 330 Å². The molecule has 0 saturated carbocycles. The molecule has 2 heterocycles. The van der Waals surface area contributed by atoms with E-state index in [0.29, 0.717) is 0 Å². The highest BCUT2D eigenvalue weighted by molar-refractivity contribution is 6.27. The molecule has 11 aromatic rings. The van der Waals surface area contributed by atoms with Gasteiger partial charge in [0, 0.05) is 44.2 Å². The van der Waals surface area contributed by atoms with E-state index in [-0.39, 0.29) is 0 Å². The van der Waals surface area contributed by atoms with Crippen molar-refractivity contribution in [3.05, 3.63) is 212 Å². The highest BCUT2D eigenvalue weighted by Gasteiger charge is 2.21. The normalized spacial score (nSPS) is 11.5. The van der Waals surface area contributed by atoms with E-state index in [1.165, 1.54) is 11.1 Å². The molecule has 0 saturated heterocycles. The molecule has 0 radical (unpaired) electrons. The molecule has 0 aliphatic heterocycles. The summed E-state index contributed by atoms with van der Waals surface area (Å²) >= 11 is 0. The minimum absolute atomic E-state index is 0.846. The molecule has 0 aliphatic carbocycles. The van der Waals surface area contributed by atoms with Gasteiger partial charge in [-0.2, -0.15) is 0 Å². The third kappa shape index (κ3) is 5.68. The molecule has 0 unspecified atom stereocenters. The summed E-state index contributed by atoms with van der Waals surface area (Å²) in [5.74, 6) is 0. The Morgan fingerprint density at radius 3 is 1.37 bits per heavy atom. The minimum atomic E-state index is 0.846. The van der Waals surface area contributed by atoms with Crippen LogP contribution in [-0.2, 0) is 0 Å². The molecule has 0 bridgehead atoms. The lowest BCUT2D eigenvalue weighted by Gasteiger charge is -2.25. The van der Waals surface area contributed by atoms with E-state index in [4.69, 9.17) is 8.83 Å². The summed E-state index contributed by atoms with van der Waals surface area (Å²) < 4.78 is 13.2. The van der Waals surface area contributed by atoms with Crippen LogP contribution in [0.4, 0.5) is 17.1 Å². The van der Waals surface area contributed by atoms with Crippen molar-refractivity contribution >= 4 is 60.9 Å². The smallest absolute Gasteiger partial charge is 0.143 e. The molecule has 0 atom stereocenters. The summed E-state index contributed by atoms with van der Waals surface area (Å²) in [5, 5.41) is 4.33. The van der Waals surface area contributed by atoms with Gasteiger partial charge in [-0.1, -0.05) is 152 Å². The summed E-state index contributed by atoms with van der Waals surface area (Å²) in [6.07, 6.45) is 0. The molecule has 0 spiro atoms. The molecule has 11 rings (SSSR count). The number of hydrogen-bond donors (Lipinski definition) is 0. The van der Waals surface area contributed by atoms with E-state index in [1.54, 1.807) is 0 Å². The van der Waals surface area contributed by atoms with Crippen molar-refractivity contribution in [2.45, 2.75) is 0 Å². The first-order valence-corrected chi connectivity index (χ1v) is 19.3. The predicted octanol–water partition coefficient (Wildman–Crippen LogP) is 15.6. The zero-order valence-corrected chi connectivity index (χ0v) is 31.0. The molecule has 0 aliphatic rings. The number of anilines is 3. The fraction of sp³-hybridized carbons (Fsp3) is 0. The molecule has 57 heavy (non-hydrogen) atoms. The van der Waals surface area contributed by atoms with Gasteiger partial charge in [0.25, 0.3) is 0 Å². The Kier molecular flexibility index (Phi) is 7.82. The van der Waals surface area contributed by atoms with Crippen LogP contribution in [0.25, 0.3) is 88.4 Å². The number of hydrogen-bond acceptors (Lipinski definition) is 3. The highest BCUT2D eigenvalue weighted by Crippen LogP contribution is 2.46. The quantitative estimate of drug-likeness (QED) is 0.164. The zero-order valence-electron chi connectivity index (χ0n) is 31.0. The van der Waals surface area contributed by atoms with E-state index in [1.807, 2.05) is 24.3 Å². The number of rotatable bonds is 7. The Morgan fingerprint density at radius 2 is 0.737 bits per heavy atom. The van der Waals surface area contributed by atoms with Crippen LogP contribution in [0.3, 0.4) is 0 Å². The lowest BCUT2D eigenvalue weighted by molar-refractivity contribution is 0.663. The molecule has 3 nitrogen and oxygen atoms in total. The molecule has 9 aromatic carbocycles. The Hall–Kier alpha value is -7.62. The Balaban J connectivity index is 1.03. The van der Waals surface area contributed by atoms with Gasteiger partial charge >= 0.3 is 0 Å². The first kappa shape index (κ1) is 32.8. The van der Waals surface area contributed by atoms with E-state index in [2.05, 4.69) is 193 Å². The van der Waals surface area contributed by atoms with Gasteiger partial charge in [0.1, 0.15) is 22.3 Å². The number of para-hydroxylation sites is 3. The van der Waals surface area contributed by atoms with Crippen LogP contribution in [-0.4, -0.2) is 0 Å². The topological polar surface area (TPSA) is 29.5 Å². The SMILES string of the molecule is c1ccc(-c2ccc(-c3ccc4c(oc5ccc6oc7ccccc7c6c54)c3-c3ccc(-c4ccc(N(c5ccccc5)c5ccccc5)cc4)cc3)cc2)cc1. The van der Waals surface area contributed by atoms with Crippen LogP contribution in [0, 0.1) is 0 Å². The summed E-state index contributed by atoms with van der Waals surface area (Å²) in [5.41, 5.74) is 15.9.